The number of aryl methyl sites for hydroxylation is 1. The number of para-hydroxylation sites is 1. The van der Waals surface area contributed by atoms with Gasteiger partial charge in [-0.15, -0.1) is 0 Å². The highest BCUT2D eigenvalue weighted by molar-refractivity contribution is 5.97. The number of nitrogens with two attached hydrogens (primary N) is 1. The van der Waals surface area contributed by atoms with E-state index in [-0.39, 0.29) is 5.84 Å². The molecule has 0 saturated carbocycles. The van der Waals surface area contributed by atoms with Gasteiger partial charge in [0.1, 0.15) is 18.1 Å². The van der Waals surface area contributed by atoms with E-state index in [1.54, 1.807) is 25.3 Å². The van der Waals surface area contributed by atoms with Crippen molar-refractivity contribution in [1.82, 2.24) is 0 Å². The van der Waals surface area contributed by atoms with Gasteiger partial charge in [-0.1, -0.05) is 23.4 Å². The third-order valence-corrected chi connectivity index (χ3v) is 3.16. The lowest BCUT2D eigenvalue weighted by Crippen LogP contribution is -2.13. The third kappa shape index (κ3) is 3.45. The first-order valence-electron chi connectivity index (χ1n) is 6.49. The molecular weight excluding hydrogens is 268 g/mol. The fourth-order valence-electron chi connectivity index (χ4n) is 1.98. The van der Waals surface area contributed by atoms with Crippen molar-refractivity contribution in [3.05, 3.63) is 59.2 Å². The zero-order valence-electron chi connectivity index (χ0n) is 12.0. The minimum Gasteiger partial charge on any atom is -0.496 e. The predicted molar refractivity (Wildman–Crippen MR) is 81.0 cm³/mol. The van der Waals surface area contributed by atoms with Crippen molar-refractivity contribution in [3.8, 4) is 11.5 Å². The summed E-state index contributed by atoms with van der Waals surface area (Å²) in [5.41, 5.74) is 8.10. The maximum atomic E-state index is 8.75. The first kappa shape index (κ1) is 14.7. The van der Waals surface area contributed by atoms with Gasteiger partial charge in [-0.3, -0.25) is 0 Å². The molecule has 0 aromatic heterocycles. The van der Waals surface area contributed by atoms with Gasteiger partial charge >= 0.3 is 0 Å². The van der Waals surface area contributed by atoms with Crippen LogP contribution in [0.3, 0.4) is 0 Å². The molecule has 0 unspecified atom stereocenters. The number of ether oxygens (including phenoxy) is 2. The van der Waals surface area contributed by atoms with E-state index in [0.29, 0.717) is 17.9 Å². The summed E-state index contributed by atoms with van der Waals surface area (Å²) in [7, 11) is 1.59. The number of rotatable bonds is 5. The average molecular weight is 286 g/mol. The zero-order chi connectivity index (χ0) is 15.2. The molecule has 2 rings (SSSR count). The zero-order valence-corrected chi connectivity index (χ0v) is 12.0. The lowest BCUT2D eigenvalue weighted by molar-refractivity contribution is 0.294. The van der Waals surface area contributed by atoms with Crippen LogP contribution in [0.2, 0.25) is 0 Å². The average Bonchev–Trinajstić information content (AvgIpc) is 2.53. The number of nitrogens with zero attached hydrogens (tertiary/aromatic N) is 1. The molecule has 0 bridgehead atoms. The highest BCUT2D eigenvalue weighted by atomic mass is 16.5. The van der Waals surface area contributed by atoms with Crippen LogP contribution in [0.1, 0.15) is 16.7 Å². The monoisotopic (exact) mass is 286 g/mol. The van der Waals surface area contributed by atoms with Crippen LogP contribution in [0, 0.1) is 6.92 Å². The molecular formula is C16H18N2O3. The summed E-state index contributed by atoms with van der Waals surface area (Å²) < 4.78 is 11.1. The Morgan fingerprint density at radius 3 is 2.62 bits per heavy atom. The summed E-state index contributed by atoms with van der Waals surface area (Å²) in [6.45, 7) is 2.32. The van der Waals surface area contributed by atoms with Crippen LogP contribution in [-0.2, 0) is 6.61 Å². The Morgan fingerprint density at radius 2 is 1.95 bits per heavy atom. The second-order valence-corrected chi connectivity index (χ2v) is 4.57. The van der Waals surface area contributed by atoms with Crippen molar-refractivity contribution in [2.75, 3.05) is 7.11 Å². The summed E-state index contributed by atoms with van der Waals surface area (Å²) in [6, 6.07) is 13.1. The van der Waals surface area contributed by atoms with Gasteiger partial charge in [0.25, 0.3) is 0 Å². The second-order valence-electron chi connectivity index (χ2n) is 4.57. The van der Waals surface area contributed by atoms with E-state index in [4.69, 9.17) is 20.4 Å². The fourth-order valence-corrected chi connectivity index (χ4v) is 1.98. The maximum absolute atomic E-state index is 8.75. The van der Waals surface area contributed by atoms with Crippen LogP contribution in [0.25, 0.3) is 0 Å². The molecule has 0 saturated heterocycles. The number of hydrogen-bond acceptors (Lipinski definition) is 4. The van der Waals surface area contributed by atoms with Crippen LogP contribution in [-0.4, -0.2) is 18.2 Å². The molecule has 110 valence electrons. The van der Waals surface area contributed by atoms with Gasteiger partial charge in [0, 0.05) is 11.1 Å². The van der Waals surface area contributed by atoms with E-state index in [0.717, 1.165) is 16.9 Å². The maximum Gasteiger partial charge on any atom is 0.170 e. The topological polar surface area (TPSA) is 77.1 Å². The van der Waals surface area contributed by atoms with E-state index >= 15 is 0 Å². The molecule has 5 nitrogen and oxygen atoms in total. The van der Waals surface area contributed by atoms with Gasteiger partial charge in [-0.25, -0.2) is 0 Å². The molecule has 0 aliphatic carbocycles. The first-order valence-corrected chi connectivity index (χ1v) is 6.49. The Balaban J connectivity index is 2.24. The minimum absolute atomic E-state index is 0.0507. The van der Waals surface area contributed by atoms with Crippen molar-refractivity contribution in [3.63, 3.8) is 0 Å². The highest BCUT2D eigenvalue weighted by Crippen LogP contribution is 2.23. The summed E-state index contributed by atoms with van der Waals surface area (Å²) in [6.07, 6.45) is 0. The molecule has 0 atom stereocenters. The number of benzene rings is 2. The molecule has 0 radical (unpaired) electrons. The first-order chi connectivity index (χ1) is 10.2. The number of hydrogen-bond donors (Lipinski definition) is 2. The van der Waals surface area contributed by atoms with Crippen LogP contribution in [0.15, 0.2) is 47.6 Å². The molecule has 0 amide bonds. The third-order valence-electron chi connectivity index (χ3n) is 3.16. The molecule has 21 heavy (non-hydrogen) atoms. The normalized spacial score (nSPS) is 11.2. The predicted octanol–water partition coefficient (Wildman–Crippen LogP) is 2.68. The number of methoxy groups -OCH3 is 1. The van der Waals surface area contributed by atoms with Gasteiger partial charge in [0.15, 0.2) is 5.84 Å². The minimum atomic E-state index is 0.0507. The second kappa shape index (κ2) is 6.65. The lowest BCUT2D eigenvalue weighted by atomic mass is 10.1. The van der Waals surface area contributed by atoms with Crippen LogP contribution in [0.4, 0.5) is 0 Å². The Kier molecular flexibility index (Phi) is 4.66. The van der Waals surface area contributed by atoms with Gasteiger partial charge in [-0.05, 0) is 36.8 Å². The van der Waals surface area contributed by atoms with E-state index in [1.165, 1.54) is 0 Å². The van der Waals surface area contributed by atoms with E-state index in [1.807, 2.05) is 31.2 Å². The summed E-state index contributed by atoms with van der Waals surface area (Å²) >= 11 is 0. The number of amidine groups is 1. The smallest absolute Gasteiger partial charge is 0.170 e. The van der Waals surface area contributed by atoms with Crippen molar-refractivity contribution >= 4 is 5.84 Å². The molecule has 5 heteroatoms. The number of oxime groups is 1. The standard InChI is InChI=1S/C16H18N2O3/c1-11-5-3-4-6-14(11)21-10-13-9-12(16(17)18-19)7-8-15(13)20-2/h3-9,19H,10H2,1-2H3,(H2,17,18). The molecule has 2 aromatic carbocycles. The molecule has 0 heterocycles. The Bertz CT molecular complexity index is 654. The summed E-state index contributed by atoms with van der Waals surface area (Å²) in [4.78, 5) is 0. The highest BCUT2D eigenvalue weighted by Gasteiger charge is 2.08. The SMILES string of the molecule is COc1ccc(/C(N)=N/O)cc1COc1ccccc1C. The molecule has 2 aromatic rings. The Labute approximate surface area is 123 Å². The fraction of sp³-hybridized carbons (Fsp3) is 0.188. The van der Waals surface area contributed by atoms with Crippen molar-refractivity contribution < 1.29 is 14.7 Å². The largest absolute Gasteiger partial charge is 0.496 e. The van der Waals surface area contributed by atoms with Crippen LogP contribution >= 0.6 is 0 Å². The quantitative estimate of drug-likeness (QED) is 0.383. The van der Waals surface area contributed by atoms with Crippen molar-refractivity contribution in [1.29, 1.82) is 0 Å². The molecule has 3 N–H and O–H groups in total. The lowest BCUT2D eigenvalue weighted by Gasteiger charge is -2.13. The van der Waals surface area contributed by atoms with E-state index < -0.39 is 0 Å². The van der Waals surface area contributed by atoms with Crippen molar-refractivity contribution in [2.45, 2.75) is 13.5 Å². The molecule has 0 spiro atoms. The van der Waals surface area contributed by atoms with E-state index in [9.17, 15) is 0 Å². The Morgan fingerprint density at radius 1 is 1.19 bits per heavy atom. The molecule has 0 fully saturated rings. The van der Waals surface area contributed by atoms with Gasteiger partial charge in [-0.2, -0.15) is 0 Å². The molecule has 0 aliphatic rings. The van der Waals surface area contributed by atoms with Gasteiger partial charge < -0.3 is 20.4 Å². The van der Waals surface area contributed by atoms with Crippen LogP contribution < -0.4 is 15.2 Å². The Hall–Kier alpha value is -2.69. The summed E-state index contributed by atoms with van der Waals surface area (Å²) in [5.74, 6) is 1.56. The van der Waals surface area contributed by atoms with Crippen molar-refractivity contribution in [2.24, 2.45) is 10.9 Å². The van der Waals surface area contributed by atoms with Crippen LogP contribution in [0.5, 0.6) is 11.5 Å². The van der Waals surface area contributed by atoms with Gasteiger partial charge in [0.05, 0.1) is 7.11 Å². The summed E-state index contributed by atoms with van der Waals surface area (Å²) in [5, 5.41) is 11.8. The molecule has 0 aliphatic heterocycles. The van der Waals surface area contributed by atoms with Gasteiger partial charge in [0.2, 0.25) is 0 Å². The van der Waals surface area contributed by atoms with E-state index in [2.05, 4.69) is 5.16 Å².